The lowest BCUT2D eigenvalue weighted by atomic mass is 10.2. The number of ether oxygens (including phenoxy) is 1. The summed E-state index contributed by atoms with van der Waals surface area (Å²) in [7, 11) is 0. The maximum atomic E-state index is 10.7. The highest BCUT2D eigenvalue weighted by Crippen LogP contribution is 2.16. The third kappa shape index (κ3) is 2.06. The standard InChI is InChI=1S/C12H13N3O2/c16-8-9-3-4-15-12(6-9)13-11(14-15)7-10-2-1-5-17-10/h3-4,6,8,10H,1-2,5,7H2. The quantitative estimate of drug-likeness (QED) is 0.746. The highest BCUT2D eigenvalue weighted by Gasteiger charge is 2.18. The topological polar surface area (TPSA) is 56.5 Å². The van der Waals surface area contributed by atoms with Crippen LogP contribution >= 0.6 is 0 Å². The minimum absolute atomic E-state index is 0.248. The predicted octanol–water partition coefficient (Wildman–Crippen LogP) is 1.26. The summed E-state index contributed by atoms with van der Waals surface area (Å²) in [6.07, 6.45) is 5.76. The van der Waals surface area contributed by atoms with E-state index in [2.05, 4.69) is 10.1 Å². The number of aldehydes is 1. The van der Waals surface area contributed by atoms with Crippen LogP contribution < -0.4 is 0 Å². The zero-order valence-corrected chi connectivity index (χ0v) is 9.37. The largest absolute Gasteiger partial charge is 0.378 e. The van der Waals surface area contributed by atoms with Crippen LogP contribution in [0.3, 0.4) is 0 Å². The molecule has 1 aliphatic heterocycles. The van der Waals surface area contributed by atoms with Gasteiger partial charge in [0.1, 0.15) is 6.29 Å². The molecule has 0 bridgehead atoms. The Morgan fingerprint density at radius 2 is 2.53 bits per heavy atom. The lowest BCUT2D eigenvalue weighted by Gasteiger charge is -2.04. The van der Waals surface area contributed by atoms with Gasteiger partial charge in [0.2, 0.25) is 0 Å². The maximum Gasteiger partial charge on any atom is 0.156 e. The van der Waals surface area contributed by atoms with Crippen molar-refractivity contribution < 1.29 is 9.53 Å². The van der Waals surface area contributed by atoms with Gasteiger partial charge < -0.3 is 4.74 Å². The fourth-order valence-corrected chi connectivity index (χ4v) is 2.11. The van der Waals surface area contributed by atoms with Crippen LogP contribution in [0.4, 0.5) is 0 Å². The van der Waals surface area contributed by atoms with E-state index in [9.17, 15) is 4.79 Å². The van der Waals surface area contributed by atoms with Crippen LogP contribution in [-0.4, -0.2) is 33.6 Å². The summed E-state index contributed by atoms with van der Waals surface area (Å²) in [5, 5.41) is 4.36. The highest BCUT2D eigenvalue weighted by atomic mass is 16.5. The van der Waals surface area contributed by atoms with Crippen molar-refractivity contribution in [2.24, 2.45) is 0 Å². The molecule has 0 amide bonds. The molecule has 88 valence electrons. The number of nitrogens with zero attached hydrogens (tertiary/aromatic N) is 3. The first-order valence-electron chi connectivity index (χ1n) is 5.77. The molecule has 0 aromatic carbocycles. The number of fused-ring (bicyclic) bond motifs is 1. The average molecular weight is 231 g/mol. The van der Waals surface area contributed by atoms with Gasteiger partial charge in [-0.15, -0.1) is 0 Å². The number of rotatable bonds is 3. The lowest BCUT2D eigenvalue weighted by Crippen LogP contribution is -2.10. The monoisotopic (exact) mass is 231 g/mol. The van der Waals surface area contributed by atoms with Crippen LogP contribution in [0.2, 0.25) is 0 Å². The first kappa shape index (κ1) is 10.4. The van der Waals surface area contributed by atoms with Crippen LogP contribution in [-0.2, 0) is 11.2 Å². The number of carbonyl (C=O) groups is 1. The summed E-state index contributed by atoms with van der Waals surface area (Å²) in [5.74, 6) is 0.778. The molecule has 17 heavy (non-hydrogen) atoms. The van der Waals surface area contributed by atoms with Gasteiger partial charge in [0.15, 0.2) is 11.5 Å². The summed E-state index contributed by atoms with van der Waals surface area (Å²) in [6.45, 7) is 0.841. The van der Waals surface area contributed by atoms with Crippen molar-refractivity contribution in [3.8, 4) is 0 Å². The average Bonchev–Trinajstić information content (AvgIpc) is 2.96. The fraction of sp³-hybridized carbons (Fsp3) is 0.417. The van der Waals surface area contributed by atoms with Gasteiger partial charge in [0.05, 0.1) is 6.10 Å². The molecular formula is C12H13N3O2. The summed E-state index contributed by atoms with van der Waals surface area (Å²) in [4.78, 5) is 15.1. The van der Waals surface area contributed by atoms with Gasteiger partial charge >= 0.3 is 0 Å². The van der Waals surface area contributed by atoms with Crippen molar-refractivity contribution >= 4 is 11.9 Å². The molecule has 2 aromatic heterocycles. The molecule has 0 aliphatic carbocycles. The number of pyridine rings is 1. The highest BCUT2D eigenvalue weighted by molar-refractivity contribution is 5.76. The molecule has 0 radical (unpaired) electrons. The van der Waals surface area contributed by atoms with E-state index in [1.807, 2.05) is 0 Å². The minimum Gasteiger partial charge on any atom is -0.378 e. The van der Waals surface area contributed by atoms with Gasteiger partial charge in [0.25, 0.3) is 0 Å². The summed E-state index contributed by atoms with van der Waals surface area (Å²) in [5.41, 5.74) is 1.33. The first-order valence-corrected chi connectivity index (χ1v) is 5.77. The van der Waals surface area contributed by atoms with Crippen LogP contribution in [0.15, 0.2) is 18.3 Å². The van der Waals surface area contributed by atoms with Gasteiger partial charge in [-0.25, -0.2) is 9.50 Å². The summed E-state index contributed by atoms with van der Waals surface area (Å²) < 4.78 is 7.24. The third-order valence-corrected chi connectivity index (χ3v) is 2.98. The van der Waals surface area contributed by atoms with E-state index in [4.69, 9.17) is 4.74 Å². The fourth-order valence-electron chi connectivity index (χ4n) is 2.11. The zero-order chi connectivity index (χ0) is 11.7. The summed E-state index contributed by atoms with van der Waals surface area (Å²) in [6, 6.07) is 3.46. The Hall–Kier alpha value is -1.75. The Balaban J connectivity index is 1.87. The van der Waals surface area contributed by atoms with Gasteiger partial charge in [-0.3, -0.25) is 4.79 Å². The molecule has 3 heterocycles. The lowest BCUT2D eigenvalue weighted by molar-refractivity contribution is 0.110. The molecule has 1 unspecified atom stereocenters. The van der Waals surface area contributed by atoms with E-state index in [-0.39, 0.29) is 6.10 Å². The second-order valence-electron chi connectivity index (χ2n) is 4.25. The SMILES string of the molecule is O=Cc1ccn2nc(CC3CCCO3)nc2c1. The number of aromatic nitrogens is 3. The molecule has 0 saturated carbocycles. The van der Waals surface area contributed by atoms with E-state index < -0.39 is 0 Å². The molecule has 3 rings (SSSR count). The Bertz CT molecular complexity index is 544. The predicted molar refractivity (Wildman–Crippen MR) is 61.1 cm³/mol. The molecular weight excluding hydrogens is 218 g/mol. The van der Waals surface area contributed by atoms with E-state index in [0.717, 1.165) is 38.0 Å². The third-order valence-electron chi connectivity index (χ3n) is 2.98. The van der Waals surface area contributed by atoms with E-state index in [1.165, 1.54) is 0 Å². The number of hydrogen-bond acceptors (Lipinski definition) is 4. The van der Waals surface area contributed by atoms with Crippen LogP contribution in [0.5, 0.6) is 0 Å². The van der Waals surface area contributed by atoms with Crippen molar-refractivity contribution in [1.82, 2.24) is 14.6 Å². The molecule has 1 atom stereocenters. The Morgan fingerprint density at radius 1 is 1.59 bits per heavy atom. The van der Waals surface area contributed by atoms with E-state index in [0.29, 0.717) is 11.2 Å². The second-order valence-corrected chi connectivity index (χ2v) is 4.25. The maximum absolute atomic E-state index is 10.7. The van der Waals surface area contributed by atoms with Crippen molar-refractivity contribution in [3.05, 3.63) is 29.7 Å². The van der Waals surface area contributed by atoms with E-state index in [1.54, 1.807) is 22.8 Å². The minimum atomic E-state index is 0.248. The molecule has 2 aromatic rings. The van der Waals surface area contributed by atoms with Crippen molar-refractivity contribution in [3.63, 3.8) is 0 Å². The molecule has 1 aliphatic rings. The molecule has 5 nitrogen and oxygen atoms in total. The Morgan fingerprint density at radius 3 is 3.29 bits per heavy atom. The van der Waals surface area contributed by atoms with Gasteiger partial charge in [-0.05, 0) is 25.0 Å². The number of hydrogen-bond donors (Lipinski definition) is 0. The Labute approximate surface area is 98.4 Å². The normalized spacial score (nSPS) is 19.9. The van der Waals surface area contributed by atoms with Crippen LogP contribution in [0.25, 0.3) is 5.65 Å². The molecule has 1 saturated heterocycles. The van der Waals surface area contributed by atoms with Crippen molar-refractivity contribution in [2.75, 3.05) is 6.61 Å². The molecule has 0 spiro atoms. The van der Waals surface area contributed by atoms with Crippen LogP contribution in [0, 0.1) is 0 Å². The Kier molecular flexibility index (Phi) is 2.60. The smallest absolute Gasteiger partial charge is 0.156 e. The molecule has 0 N–H and O–H groups in total. The van der Waals surface area contributed by atoms with Crippen molar-refractivity contribution in [2.45, 2.75) is 25.4 Å². The van der Waals surface area contributed by atoms with E-state index >= 15 is 0 Å². The second kappa shape index (κ2) is 4.25. The summed E-state index contributed by atoms with van der Waals surface area (Å²) >= 11 is 0. The zero-order valence-electron chi connectivity index (χ0n) is 9.37. The van der Waals surface area contributed by atoms with Gasteiger partial charge in [0, 0.05) is 24.8 Å². The molecule has 1 fully saturated rings. The molecule has 5 heteroatoms. The van der Waals surface area contributed by atoms with Crippen LogP contribution in [0.1, 0.15) is 29.0 Å². The first-order chi connectivity index (χ1) is 8.35. The van der Waals surface area contributed by atoms with Gasteiger partial charge in [-0.1, -0.05) is 0 Å². The number of carbonyl (C=O) groups excluding carboxylic acids is 1. The van der Waals surface area contributed by atoms with Gasteiger partial charge in [-0.2, -0.15) is 5.10 Å². The van der Waals surface area contributed by atoms with Crippen molar-refractivity contribution in [1.29, 1.82) is 0 Å².